The topological polar surface area (TPSA) is 32.3 Å². The Morgan fingerprint density at radius 1 is 1.64 bits per heavy atom. The SMILES string of the molecule is O=C1CNCCN1CC(F)F. The molecule has 0 aromatic rings. The molecule has 0 unspecified atom stereocenters. The van der Waals surface area contributed by atoms with Gasteiger partial charge in [-0.2, -0.15) is 0 Å². The summed E-state index contributed by atoms with van der Waals surface area (Å²) in [7, 11) is 0. The Kier molecular flexibility index (Phi) is 2.76. The number of nitrogens with zero attached hydrogens (tertiary/aromatic N) is 1. The van der Waals surface area contributed by atoms with Gasteiger partial charge in [0.2, 0.25) is 5.91 Å². The summed E-state index contributed by atoms with van der Waals surface area (Å²) in [5.41, 5.74) is 0. The van der Waals surface area contributed by atoms with Crippen molar-refractivity contribution in [2.75, 3.05) is 26.2 Å². The van der Waals surface area contributed by atoms with Crippen LogP contribution in [0.15, 0.2) is 0 Å². The van der Waals surface area contributed by atoms with E-state index in [1.807, 2.05) is 0 Å². The van der Waals surface area contributed by atoms with Gasteiger partial charge in [0.05, 0.1) is 13.1 Å². The lowest BCUT2D eigenvalue weighted by atomic mass is 10.3. The summed E-state index contributed by atoms with van der Waals surface area (Å²) in [6.07, 6.45) is -2.42. The molecule has 1 aliphatic rings. The Bertz CT molecular complexity index is 152. The van der Waals surface area contributed by atoms with Crippen LogP contribution in [0.4, 0.5) is 8.78 Å². The minimum absolute atomic E-state index is 0.187. The zero-order valence-corrected chi connectivity index (χ0v) is 6.02. The predicted octanol–water partition coefficient (Wildman–Crippen LogP) is -0.317. The van der Waals surface area contributed by atoms with Gasteiger partial charge in [0, 0.05) is 13.1 Å². The Labute approximate surface area is 63.4 Å². The van der Waals surface area contributed by atoms with Crippen LogP contribution in [-0.2, 0) is 4.79 Å². The molecular weight excluding hydrogens is 154 g/mol. The molecule has 0 spiro atoms. The number of piperazine rings is 1. The van der Waals surface area contributed by atoms with Crippen LogP contribution in [0.25, 0.3) is 0 Å². The van der Waals surface area contributed by atoms with E-state index in [1.54, 1.807) is 0 Å². The van der Waals surface area contributed by atoms with Gasteiger partial charge in [0.1, 0.15) is 0 Å². The average Bonchev–Trinajstić information content (AvgIpc) is 1.93. The van der Waals surface area contributed by atoms with Crippen molar-refractivity contribution in [2.45, 2.75) is 6.43 Å². The molecule has 0 atom stereocenters. The van der Waals surface area contributed by atoms with Crippen molar-refractivity contribution in [1.29, 1.82) is 0 Å². The van der Waals surface area contributed by atoms with E-state index < -0.39 is 13.0 Å². The van der Waals surface area contributed by atoms with Gasteiger partial charge < -0.3 is 10.2 Å². The van der Waals surface area contributed by atoms with Gasteiger partial charge in [-0.25, -0.2) is 8.78 Å². The second kappa shape index (κ2) is 3.61. The van der Waals surface area contributed by atoms with E-state index in [9.17, 15) is 13.6 Å². The molecule has 1 heterocycles. The molecule has 64 valence electrons. The van der Waals surface area contributed by atoms with E-state index >= 15 is 0 Å². The fraction of sp³-hybridized carbons (Fsp3) is 0.833. The number of nitrogens with one attached hydrogen (secondary N) is 1. The van der Waals surface area contributed by atoms with Crippen LogP contribution in [0.3, 0.4) is 0 Å². The van der Waals surface area contributed by atoms with Crippen molar-refractivity contribution >= 4 is 5.91 Å². The molecule has 5 heteroatoms. The summed E-state index contributed by atoms with van der Waals surface area (Å²) in [4.78, 5) is 12.0. The molecule has 3 nitrogen and oxygen atoms in total. The molecule has 0 saturated carbocycles. The molecule has 11 heavy (non-hydrogen) atoms. The highest BCUT2D eigenvalue weighted by Crippen LogP contribution is 2.00. The lowest BCUT2D eigenvalue weighted by Gasteiger charge is -2.26. The lowest BCUT2D eigenvalue weighted by Crippen LogP contribution is -2.49. The van der Waals surface area contributed by atoms with E-state index in [4.69, 9.17) is 0 Å². The van der Waals surface area contributed by atoms with Gasteiger partial charge >= 0.3 is 0 Å². The summed E-state index contributed by atoms with van der Waals surface area (Å²) >= 11 is 0. The largest absolute Gasteiger partial charge is 0.335 e. The molecule has 1 fully saturated rings. The first-order chi connectivity index (χ1) is 5.20. The number of hydrogen-bond acceptors (Lipinski definition) is 2. The molecule has 0 radical (unpaired) electrons. The number of carbonyl (C=O) groups is 1. The normalized spacial score (nSPS) is 19.5. The Balaban J connectivity index is 2.36. The second-order valence-corrected chi connectivity index (χ2v) is 2.41. The van der Waals surface area contributed by atoms with Gasteiger partial charge in [-0.1, -0.05) is 0 Å². The Morgan fingerprint density at radius 2 is 2.36 bits per heavy atom. The van der Waals surface area contributed by atoms with Crippen molar-refractivity contribution in [3.63, 3.8) is 0 Å². The Morgan fingerprint density at radius 3 is 2.91 bits per heavy atom. The zero-order valence-electron chi connectivity index (χ0n) is 6.02. The highest BCUT2D eigenvalue weighted by molar-refractivity contribution is 5.78. The van der Waals surface area contributed by atoms with E-state index in [0.717, 1.165) is 0 Å². The number of hydrogen-bond donors (Lipinski definition) is 1. The van der Waals surface area contributed by atoms with Gasteiger partial charge in [0.25, 0.3) is 6.43 Å². The highest BCUT2D eigenvalue weighted by atomic mass is 19.3. The third-order valence-corrected chi connectivity index (χ3v) is 1.55. The van der Waals surface area contributed by atoms with Crippen molar-refractivity contribution < 1.29 is 13.6 Å². The molecule has 1 rings (SSSR count). The molecule has 0 bridgehead atoms. The van der Waals surface area contributed by atoms with Gasteiger partial charge in [-0.05, 0) is 0 Å². The monoisotopic (exact) mass is 164 g/mol. The molecule has 0 aromatic heterocycles. The summed E-state index contributed by atoms with van der Waals surface area (Å²) in [5, 5.41) is 2.80. The second-order valence-electron chi connectivity index (χ2n) is 2.41. The first-order valence-corrected chi connectivity index (χ1v) is 3.47. The summed E-state index contributed by atoms with van der Waals surface area (Å²) in [6.45, 7) is 0.759. The fourth-order valence-corrected chi connectivity index (χ4v) is 1.01. The van der Waals surface area contributed by atoms with Crippen molar-refractivity contribution in [3.05, 3.63) is 0 Å². The van der Waals surface area contributed by atoms with Gasteiger partial charge in [-0.15, -0.1) is 0 Å². The third-order valence-electron chi connectivity index (χ3n) is 1.55. The van der Waals surface area contributed by atoms with E-state index in [2.05, 4.69) is 5.32 Å². The fourth-order valence-electron chi connectivity index (χ4n) is 1.01. The molecule has 1 aliphatic heterocycles. The van der Waals surface area contributed by atoms with Crippen molar-refractivity contribution in [2.24, 2.45) is 0 Å². The third kappa shape index (κ3) is 2.42. The van der Waals surface area contributed by atoms with Crippen LogP contribution in [0.5, 0.6) is 0 Å². The number of carbonyl (C=O) groups excluding carboxylic acids is 1. The predicted molar refractivity (Wildman–Crippen MR) is 35.5 cm³/mol. The van der Waals surface area contributed by atoms with Crippen LogP contribution >= 0.6 is 0 Å². The van der Waals surface area contributed by atoms with Crippen LogP contribution in [0.2, 0.25) is 0 Å². The lowest BCUT2D eigenvalue weighted by molar-refractivity contribution is -0.133. The summed E-state index contributed by atoms with van der Waals surface area (Å²) < 4.78 is 23.6. The summed E-state index contributed by atoms with van der Waals surface area (Å²) in [5.74, 6) is -0.239. The van der Waals surface area contributed by atoms with Gasteiger partial charge in [0.15, 0.2) is 0 Å². The standard InChI is InChI=1S/C6H10F2N2O/c7-5(8)4-10-2-1-9-3-6(10)11/h5,9H,1-4H2. The minimum atomic E-state index is -2.42. The quantitative estimate of drug-likeness (QED) is 0.606. The molecule has 1 saturated heterocycles. The molecule has 1 N–H and O–H groups in total. The van der Waals surface area contributed by atoms with Crippen LogP contribution in [0, 0.1) is 0 Å². The van der Waals surface area contributed by atoms with E-state index in [-0.39, 0.29) is 12.5 Å². The summed E-state index contributed by atoms with van der Waals surface area (Å²) in [6, 6.07) is 0. The van der Waals surface area contributed by atoms with Gasteiger partial charge in [-0.3, -0.25) is 4.79 Å². The van der Waals surface area contributed by atoms with Crippen LogP contribution in [-0.4, -0.2) is 43.4 Å². The first-order valence-electron chi connectivity index (χ1n) is 3.47. The molecule has 0 aromatic carbocycles. The zero-order chi connectivity index (χ0) is 8.27. The van der Waals surface area contributed by atoms with Crippen molar-refractivity contribution in [1.82, 2.24) is 10.2 Å². The first kappa shape index (κ1) is 8.39. The van der Waals surface area contributed by atoms with Crippen molar-refractivity contribution in [3.8, 4) is 0 Å². The molecular formula is C6H10F2N2O. The molecule has 0 aliphatic carbocycles. The maximum absolute atomic E-state index is 11.8. The average molecular weight is 164 g/mol. The molecule has 1 amide bonds. The van der Waals surface area contributed by atoms with Crippen LogP contribution < -0.4 is 5.32 Å². The number of rotatable bonds is 2. The number of halogens is 2. The minimum Gasteiger partial charge on any atom is -0.335 e. The maximum Gasteiger partial charge on any atom is 0.255 e. The number of alkyl halides is 2. The maximum atomic E-state index is 11.8. The Hall–Kier alpha value is -0.710. The highest BCUT2D eigenvalue weighted by Gasteiger charge is 2.20. The smallest absolute Gasteiger partial charge is 0.255 e. The van der Waals surface area contributed by atoms with Crippen LogP contribution in [0.1, 0.15) is 0 Å². The van der Waals surface area contributed by atoms with E-state index in [1.165, 1.54) is 4.90 Å². The number of amides is 1. The van der Waals surface area contributed by atoms with E-state index in [0.29, 0.717) is 13.1 Å².